The van der Waals surface area contributed by atoms with Crippen molar-refractivity contribution in [2.75, 3.05) is 27.2 Å². The molecule has 1 heterocycles. The summed E-state index contributed by atoms with van der Waals surface area (Å²) in [4.78, 5) is 39.3. The Kier molecular flexibility index (Phi) is 6.30. The predicted molar refractivity (Wildman–Crippen MR) is 91.5 cm³/mol. The monoisotopic (exact) mass is 423 g/mol. The highest BCUT2D eigenvalue weighted by molar-refractivity contribution is 6.33. The summed E-state index contributed by atoms with van der Waals surface area (Å²) >= 11 is 5.82. The Morgan fingerprint density at radius 1 is 1.25 bits per heavy atom. The number of hydrogen-bond acceptors (Lipinski definition) is 5. The Labute approximate surface area is 160 Å². The number of rotatable bonds is 5. The van der Waals surface area contributed by atoms with E-state index in [9.17, 15) is 31.9 Å². The van der Waals surface area contributed by atoms with Gasteiger partial charge in [0.15, 0.2) is 0 Å². The molecule has 2 rings (SSSR count). The summed E-state index contributed by atoms with van der Waals surface area (Å²) in [6, 6.07) is 1.52. The van der Waals surface area contributed by atoms with Gasteiger partial charge in [-0.15, -0.1) is 0 Å². The molecular weight excluding hydrogens is 410 g/mol. The molecule has 152 valence electrons. The van der Waals surface area contributed by atoms with Crippen molar-refractivity contribution in [2.45, 2.75) is 6.18 Å². The van der Waals surface area contributed by atoms with Crippen molar-refractivity contribution >= 4 is 17.6 Å². The van der Waals surface area contributed by atoms with E-state index in [4.69, 9.17) is 16.3 Å². The van der Waals surface area contributed by atoms with Crippen LogP contribution in [0.2, 0.25) is 5.02 Å². The number of aromatic amines is 1. The predicted octanol–water partition coefficient (Wildman–Crippen LogP) is 2.06. The van der Waals surface area contributed by atoms with Gasteiger partial charge in [-0.1, -0.05) is 11.6 Å². The molecule has 1 aromatic carbocycles. The molecule has 0 amide bonds. The fourth-order valence-corrected chi connectivity index (χ4v) is 2.37. The standard InChI is InChI=1S/C16H14ClF4N3O4/c1-23(2)3-4-28-14(26)8-5-11(10(18)6-9(8)17)24-13(25)7-12(16(19,20)21)22-15(24)27/h5-7H,3-4H2,1-2H3,(H,22,27). The highest BCUT2D eigenvalue weighted by atomic mass is 35.5. The molecule has 12 heteroatoms. The summed E-state index contributed by atoms with van der Waals surface area (Å²) in [5, 5.41) is -0.354. The van der Waals surface area contributed by atoms with Gasteiger partial charge in [-0.2, -0.15) is 13.2 Å². The second-order valence-electron chi connectivity index (χ2n) is 5.88. The maximum Gasteiger partial charge on any atom is 0.431 e. The van der Waals surface area contributed by atoms with Crippen LogP contribution in [0.3, 0.4) is 0 Å². The largest absolute Gasteiger partial charge is 0.461 e. The molecule has 0 atom stereocenters. The molecule has 0 aliphatic carbocycles. The number of H-pyrrole nitrogens is 1. The Hall–Kier alpha value is -2.66. The number of likely N-dealkylation sites (N-methyl/N-ethyl adjacent to an activating group) is 1. The van der Waals surface area contributed by atoms with E-state index in [1.54, 1.807) is 19.0 Å². The number of alkyl halides is 3. The highest BCUT2D eigenvalue weighted by Gasteiger charge is 2.33. The lowest BCUT2D eigenvalue weighted by Gasteiger charge is -2.13. The lowest BCUT2D eigenvalue weighted by Crippen LogP contribution is -2.36. The van der Waals surface area contributed by atoms with E-state index < -0.39 is 40.6 Å². The van der Waals surface area contributed by atoms with Gasteiger partial charge in [0.1, 0.15) is 18.1 Å². The van der Waals surface area contributed by atoms with Crippen LogP contribution in [0.15, 0.2) is 27.8 Å². The lowest BCUT2D eigenvalue weighted by atomic mass is 10.2. The number of carbonyl (C=O) groups excluding carboxylic acids is 1. The molecule has 0 saturated carbocycles. The van der Waals surface area contributed by atoms with Crippen molar-refractivity contribution < 1.29 is 27.1 Å². The van der Waals surface area contributed by atoms with Gasteiger partial charge < -0.3 is 14.6 Å². The van der Waals surface area contributed by atoms with Crippen LogP contribution >= 0.6 is 11.6 Å². The SMILES string of the molecule is CN(C)CCOC(=O)c1cc(-n2c(=O)cc(C(F)(F)F)[nH]c2=O)c(F)cc1Cl. The number of ether oxygens (including phenoxy) is 1. The molecule has 0 aliphatic rings. The Morgan fingerprint density at radius 3 is 2.43 bits per heavy atom. The van der Waals surface area contributed by atoms with Crippen molar-refractivity contribution in [3.8, 4) is 5.69 Å². The minimum atomic E-state index is -4.97. The van der Waals surface area contributed by atoms with Crippen LogP contribution in [0.5, 0.6) is 0 Å². The smallest absolute Gasteiger partial charge is 0.431 e. The minimum Gasteiger partial charge on any atom is -0.461 e. The zero-order valence-corrected chi connectivity index (χ0v) is 15.3. The number of benzene rings is 1. The first-order chi connectivity index (χ1) is 12.9. The fraction of sp³-hybridized carbons (Fsp3) is 0.312. The normalized spacial score (nSPS) is 11.7. The number of nitrogens with zero attached hydrogens (tertiary/aromatic N) is 2. The molecule has 1 N–H and O–H groups in total. The first-order valence-electron chi connectivity index (χ1n) is 7.66. The molecule has 0 bridgehead atoms. The van der Waals surface area contributed by atoms with Crippen LogP contribution in [0.4, 0.5) is 17.6 Å². The maximum atomic E-state index is 14.3. The van der Waals surface area contributed by atoms with Gasteiger partial charge in [-0.05, 0) is 26.2 Å². The van der Waals surface area contributed by atoms with Gasteiger partial charge in [0, 0.05) is 12.6 Å². The number of carbonyl (C=O) groups is 1. The molecule has 0 aliphatic heterocycles. The highest BCUT2D eigenvalue weighted by Crippen LogP contribution is 2.26. The van der Waals surface area contributed by atoms with E-state index in [0.29, 0.717) is 12.6 Å². The average Bonchev–Trinajstić information content (AvgIpc) is 2.54. The molecule has 1 aromatic heterocycles. The van der Waals surface area contributed by atoms with E-state index >= 15 is 0 Å². The number of aromatic nitrogens is 2. The lowest BCUT2D eigenvalue weighted by molar-refractivity contribution is -0.141. The summed E-state index contributed by atoms with van der Waals surface area (Å²) in [6.45, 7) is 0.366. The average molecular weight is 424 g/mol. The Morgan fingerprint density at radius 2 is 1.89 bits per heavy atom. The molecule has 0 unspecified atom stereocenters. The van der Waals surface area contributed by atoms with E-state index in [0.717, 1.165) is 6.07 Å². The summed E-state index contributed by atoms with van der Waals surface area (Å²) in [5.41, 5.74) is -5.67. The number of halogens is 5. The third-order valence-electron chi connectivity index (χ3n) is 3.51. The van der Waals surface area contributed by atoms with Gasteiger partial charge >= 0.3 is 17.8 Å². The van der Waals surface area contributed by atoms with Crippen LogP contribution in [0.25, 0.3) is 5.69 Å². The van der Waals surface area contributed by atoms with Crippen molar-refractivity contribution in [3.63, 3.8) is 0 Å². The quantitative estimate of drug-likeness (QED) is 0.588. The molecule has 0 spiro atoms. The molecule has 2 aromatic rings. The van der Waals surface area contributed by atoms with Crippen molar-refractivity contribution in [1.82, 2.24) is 14.5 Å². The molecule has 7 nitrogen and oxygen atoms in total. The van der Waals surface area contributed by atoms with E-state index in [1.807, 2.05) is 0 Å². The second kappa shape index (κ2) is 8.15. The molecular formula is C16H14ClF4N3O4. The molecule has 0 fully saturated rings. The van der Waals surface area contributed by atoms with Gasteiger partial charge in [0.05, 0.1) is 16.3 Å². The van der Waals surface area contributed by atoms with Gasteiger partial charge in [-0.25, -0.2) is 18.5 Å². The molecule has 0 saturated heterocycles. The summed E-state index contributed by atoms with van der Waals surface area (Å²) in [5.74, 6) is -2.15. The van der Waals surface area contributed by atoms with Crippen molar-refractivity contribution in [3.05, 3.63) is 61.1 Å². The van der Waals surface area contributed by atoms with Crippen LogP contribution in [0.1, 0.15) is 16.1 Å². The van der Waals surface area contributed by atoms with Crippen molar-refractivity contribution in [2.24, 2.45) is 0 Å². The topological polar surface area (TPSA) is 84.4 Å². The van der Waals surface area contributed by atoms with E-state index in [-0.39, 0.29) is 27.8 Å². The summed E-state index contributed by atoms with van der Waals surface area (Å²) in [6.07, 6.45) is -4.97. The van der Waals surface area contributed by atoms with Crippen LogP contribution in [-0.4, -0.2) is 47.7 Å². The Bertz CT molecular complexity index is 983. The number of nitrogens with one attached hydrogen (secondary N) is 1. The van der Waals surface area contributed by atoms with Crippen molar-refractivity contribution in [1.29, 1.82) is 0 Å². The number of esters is 1. The Balaban J connectivity index is 2.52. The third kappa shape index (κ3) is 4.78. The van der Waals surface area contributed by atoms with Crippen LogP contribution in [0, 0.1) is 5.82 Å². The van der Waals surface area contributed by atoms with Crippen LogP contribution < -0.4 is 11.2 Å². The van der Waals surface area contributed by atoms with E-state index in [1.165, 1.54) is 4.98 Å². The first kappa shape index (κ1) is 21.6. The zero-order valence-electron chi connectivity index (χ0n) is 14.6. The fourth-order valence-electron chi connectivity index (χ4n) is 2.14. The molecule has 28 heavy (non-hydrogen) atoms. The first-order valence-corrected chi connectivity index (χ1v) is 8.04. The van der Waals surface area contributed by atoms with Gasteiger partial charge in [0.25, 0.3) is 5.56 Å². The summed E-state index contributed by atoms with van der Waals surface area (Å²) in [7, 11) is 3.47. The number of hydrogen-bond donors (Lipinski definition) is 1. The summed E-state index contributed by atoms with van der Waals surface area (Å²) < 4.78 is 57.4. The van der Waals surface area contributed by atoms with Crippen LogP contribution in [-0.2, 0) is 10.9 Å². The maximum absolute atomic E-state index is 14.3. The molecule has 0 radical (unpaired) electrons. The van der Waals surface area contributed by atoms with Gasteiger partial charge in [-0.3, -0.25) is 4.79 Å². The third-order valence-corrected chi connectivity index (χ3v) is 3.82. The second-order valence-corrected chi connectivity index (χ2v) is 6.29. The minimum absolute atomic E-state index is 0.0182. The van der Waals surface area contributed by atoms with E-state index in [2.05, 4.69) is 0 Å². The zero-order chi connectivity index (χ0) is 21.2. The van der Waals surface area contributed by atoms with Gasteiger partial charge in [0.2, 0.25) is 0 Å².